The number of aromatic nitrogens is 4. The van der Waals surface area contributed by atoms with E-state index in [-0.39, 0.29) is 28.6 Å². The highest BCUT2D eigenvalue weighted by Crippen LogP contribution is 2.46. The van der Waals surface area contributed by atoms with Crippen LogP contribution in [0.4, 0.5) is 13.2 Å². The molecule has 2 aliphatic rings. The lowest BCUT2D eigenvalue weighted by Crippen LogP contribution is -2.39. The summed E-state index contributed by atoms with van der Waals surface area (Å²) < 4.78 is 70.8. The van der Waals surface area contributed by atoms with Gasteiger partial charge < -0.3 is 4.90 Å². The van der Waals surface area contributed by atoms with Crippen molar-refractivity contribution in [3.05, 3.63) is 98.9 Å². The van der Waals surface area contributed by atoms with Gasteiger partial charge in [0.15, 0.2) is 10.8 Å². The lowest BCUT2D eigenvalue weighted by Gasteiger charge is -2.32. The molecule has 3 aromatic heterocycles. The number of pyridine rings is 1. The SMILES string of the molecule is Cc1ccc(S(=O)(=O)N[C@H]2CC3=C(c4ccn(C(F)F)n4)[C@H](c4ccc(F)cc4Cl)N=C(c4nccs4)N3C2)cn1. The minimum atomic E-state index is -3.94. The van der Waals surface area contributed by atoms with Gasteiger partial charge in [0, 0.05) is 70.5 Å². The standard InChI is InChI=1S/C26H21ClF3N7O2S2/c1-14-2-4-17(12-32-14)41(38,39)35-16-11-21-22(20-6-8-37(34-20)26(29)30)23(18-5-3-15(28)10-19(18)27)33-24(36(21)13-16)25-31-7-9-40-25/h2-10,12,16,23,26,35H,11,13H2,1H3/t16-,23-/m0/s1. The summed E-state index contributed by atoms with van der Waals surface area (Å²) in [4.78, 5) is 15.3. The minimum absolute atomic E-state index is 0.0163. The molecule has 1 saturated heterocycles. The summed E-state index contributed by atoms with van der Waals surface area (Å²) in [6.07, 6.45) is 4.25. The van der Waals surface area contributed by atoms with Crippen molar-refractivity contribution in [1.82, 2.24) is 29.4 Å². The van der Waals surface area contributed by atoms with Crippen LogP contribution in [0, 0.1) is 12.7 Å². The van der Waals surface area contributed by atoms with Crippen LogP contribution in [0.2, 0.25) is 5.02 Å². The molecule has 0 saturated carbocycles. The van der Waals surface area contributed by atoms with E-state index in [1.165, 1.54) is 41.8 Å². The van der Waals surface area contributed by atoms with Crippen LogP contribution >= 0.6 is 22.9 Å². The van der Waals surface area contributed by atoms with E-state index in [1.54, 1.807) is 24.6 Å². The number of hydrogen-bond donors (Lipinski definition) is 1. The number of nitrogens with zero attached hydrogens (tertiary/aromatic N) is 6. The second kappa shape index (κ2) is 10.7. The zero-order chi connectivity index (χ0) is 28.9. The van der Waals surface area contributed by atoms with Crippen LogP contribution in [-0.2, 0) is 10.0 Å². The first kappa shape index (κ1) is 27.6. The van der Waals surface area contributed by atoms with Crippen molar-refractivity contribution in [3.63, 3.8) is 0 Å². The van der Waals surface area contributed by atoms with Crippen molar-refractivity contribution in [2.24, 2.45) is 4.99 Å². The lowest BCUT2D eigenvalue weighted by atomic mass is 9.92. The van der Waals surface area contributed by atoms with E-state index < -0.39 is 34.5 Å². The highest BCUT2D eigenvalue weighted by molar-refractivity contribution is 7.89. The molecule has 6 rings (SSSR count). The maximum Gasteiger partial charge on any atom is 0.333 e. The molecule has 9 nitrogen and oxygen atoms in total. The van der Waals surface area contributed by atoms with Crippen molar-refractivity contribution in [2.75, 3.05) is 6.54 Å². The van der Waals surface area contributed by atoms with Gasteiger partial charge in [0.05, 0.1) is 5.69 Å². The molecule has 0 radical (unpaired) electrons. The van der Waals surface area contributed by atoms with Crippen molar-refractivity contribution < 1.29 is 21.6 Å². The Morgan fingerprint density at radius 1 is 1.17 bits per heavy atom. The zero-order valence-corrected chi connectivity index (χ0v) is 23.6. The average molecular weight is 620 g/mol. The van der Waals surface area contributed by atoms with Gasteiger partial charge in [0.25, 0.3) is 0 Å². The molecule has 0 spiro atoms. The Hall–Kier alpha value is -3.59. The molecule has 2 aliphatic heterocycles. The van der Waals surface area contributed by atoms with Gasteiger partial charge in [0.1, 0.15) is 16.8 Å². The number of aryl methyl sites for hydroxylation is 1. The third-order valence-corrected chi connectivity index (χ3v) is 9.34. The first-order valence-electron chi connectivity index (χ1n) is 12.3. The molecule has 15 heteroatoms. The summed E-state index contributed by atoms with van der Waals surface area (Å²) in [6.45, 7) is -0.928. The number of rotatable bonds is 7. The number of thiazole rings is 1. The molecule has 0 unspecified atom stereocenters. The van der Waals surface area contributed by atoms with Crippen LogP contribution in [0.15, 0.2) is 76.0 Å². The summed E-state index contributed by atoms with van der Waals surface area (Å²) in [5, 5.41) is 6.54. The molecular formula is C26H21ClF3N7O2S2. The number of sulfonamides is 1. The zero-order valence-electron chi connectivity index (χ0n) is 21.2. The number of aliphatic imine (C=N–C) groups is 1. The van der Waals surface area contributed by atoms with Gasteiger partial charge in [-0.3, -0.25) is 9.98 Å². The van der Waals surface area contributed by atoms with Crippen LogP contribution in [0.25, 0.3) is 5.57 Å². The maximum atomic E-state index is 14.0. The van der Waals surface area contributed by atoms with Gasteiger partial charge in [-0.25, -0.2) is 27.2 Å². The van der Waals surface area contributed by atoms with Gasteiger partial charge in [-0.05, 0) is 37.3 Å². The van der Waals surface area contributed by atoms with Crippen molar-refractivity contribution in [1.29, 1.82) is 0 Å². The number of amidine groups is 1. The first-order valence-corrected chi connectivity index (χ1v) is 15.1. The molecule has 212 valence electrons. The first-order chi connectivity index (χ1) is 19.6. The van der Waals surface area contributed by atoms with Gasteiger partial charge >= 0.3 is 6.55 Å². The van der Waals surface area contributed by atoms with E-state index in [4.69, 9.17) is 16.6 Å². The van der Waals surface area contributed by atoms with E-state index in [1.807, 2.05) is 4.90 Å². The van der Waals surface area contributed by atoms with Gasteiger partial charge in [-0.15, -0.1) is 11.3 Å². The van der Waals surface area contributed by atoms with Crippen LogP contribution in [-0.4, -0.2) is 51.5 Å². The molecule has 1 fully saturated rings. The third kappa shape index (κ3) is 5.27. The Morgan fingerprint density at radius 3 is 2.66 bits per heavy atom. The quantitative estimate of drug-likeness (QED) is 0.305. The number of hydrogen-bond acceptors (Lipinski definition) is 8. The smallest absolute Gasteiger partial charge is 0.326 e. The number of halogens is 4. The Bertz CT molecular complexity index is 1770. The Kier molecular flexibility index (Phi) is 7.18. The van der Waals surface area contributed by atoms with Gasteiger partial charge in [-0.2, -0.15) is 13.9 Å². The van der Waals surface area contributed by atoms with E-state index in [0.29, 0.717) is 38.1 Å². The molecule has 41 heavy (non-hydrogen) atoms. The molecule has 1 N–H and O–H groups in total. The molecule has 2 atom stereocenters. The van der Waals surface area contributed by atoms with Gasteiger partial charge in [-0.1, -0.05) is 17.7 Å². The fourth-order valence-corrected chi connectivity index (χ4v) is 7.02. The largest absolute Gasteiger partial charge is 0.333 e. The molecular weight excluding hydrogens is 599 g/mol. The highest BCUT2D eigenvalue weighted by atomic mass is 35.5. The Balaban J connectivity index is 1.48. The molecule has 0 aliphatic carbocycles. The van der Waals surface area contributed by atoms with E-state index in [0.717, 1.165) is 12.3 Å². The second-order valence-electron chi connectivity index (χ2n) is 9.45. The summed E-state index contributed by atoms with van der Waals surface area (Å²) in [7, 11) is -3.94. The lowest BCUT2D eigenvalue weighted by molar-refractivity contribution is 0.0564. The maximum absolute atomic E-state index is 14.0. The van der Waals surface area contributed by atoms with E-state index in [2.05, 4.69) is 19.8 Å². The third-order valence-electron chi connectivity index (χ3n) is 6.74. The molecule has 5 heterocycles. The van der Waals surface area contributed by atoms with Crippen molar-refractivity contribution in [2.45, 2.75) is 36.9 Å². The Labute approximate surface area is 242 Å². The fourth-order valence-electron chi connectivity index (χ4n) is 4.93. The van der Waals surface area contributed by atoms with Crippen LogP contribution in [0.1, 0.15) is 41.0 Å². The summed E-state index contributed by atoms with van der Waals surface area (Å²) in [6, 6.07) is 6.94. The van der Waals surface area contributed by atoms with Gasteiger partial charge in [0.2, 0.25) is 10.0 Å². The Morgan fingerprint density at radius 2 is 2.00 bits per heavy atom. The fraction of sp³-hybridized carbons (Fsp3) is 0.231. The van der Waals surface area contributed by atoms with Crippen LogP contribution in [0.5, 0.6) is 0 Å². The normalized spacial score (nSPS) is 19.2. The predicted molar refractivity (Wildman–Crippen MR) is 148 cm³/mol. The number of nitrogens with one attached hydrogen (secondary N) is 1. The van der Waals surface area contributed by atoms with Crippen LogP contribution < -0.4 is 4.72 Å². The summed E-state index contributed by atoms with van der Waals surface area (Å²) in [5.41, 5.74) is 2.39. The molecule has 0 amide bonds. The summed E-state index contributed by atoms with van der Waals surface area (Å²) >= 11 is 7.81. The monoisotopic (exact) mass is 619 g/mol. The van der Waals surface area contributed by atoms with Crippen molar-refractivity contribution in [3.8, 4) is 0 Å². The molecule has 4 aromatic rings. The van der Waals surface area contributed by atoms with Crippen molar-refractivity contribution >= 4 is 44.4 Å². The number of benzene rings is 1. The molecule has 0 bridgehead atoms. The minimum Gasteiger partial charge on any atom is -0.326 e. The van der Waals surface area contributed by atoms with Crippen LogP contribution in [0.3, 0.4) is 0 Å². The highest BCUT2D eigenvalue weighted by Gasteiger charge is 2.42. The number of fused-ring (bicyclic) bond motifs is 1. The topological polar surface area (TPSA) is 105 Å². The number of alkyl halides is 2. The van der Waals surface area contributed by atoms with E-state index >= 15 is 0 Å². The van der Waals surface area contributed by atoms with E-state index in [9.17, 15) is 21.6 Å². The second-order valence-corrected chi connectivity index (χ2v) is 12.5. The molecule has 1 aromatic carbocycles. The predicted octanol–water partition coefficient (Wildman–Crippen LogP) is 5.20. The summed E-state index contributed by atoms with van der Waals surface area (Å²) in [5.74, 6) is -0.0893. The average Bonchev–Trinajstić information content (AvgIpc) is 3.69.